The maximum absolute atomic E-state index is 13.8. The molecule has 7 heteroatoms. The second kappa shape index (κ2) is 6.81. The van der Waals surface area contributed by atoms with E-state index >= 15 is 0 Å². The van der Waals surface area contributed by atoms with E-state index in [0.717, 1.165) is 31.9 Å². The van der Waals surface area contributed by atoms with Crippen molar-refractivity contribution < 1.29 is 12.8 Å². The summed E-state index contributed by atoms with van der Waals surface area (Å²) >= 11 is 0. The Hall–Kier alpha value is -1.05. The van der Waals surface area contributed by atoms with Gasteiger partial charge in [-0.3, -0.25) is 0 Å². The van der Waals surface area contributed by atoms with Gasteiger partial charge in [-0.2, -0.15) is 4.31 Å². The van der Waals surface area contributed by atoms with Crippen molar-refractivity contribution >= 4 is 10.0 Å². The number of rotatable bonds is 5. The first-order valence-corrected chi connectivity index (χ1v) is 8.72. The number of aromatic nitrogens is 1. The zero-order chi connectivity index (χ0) is 15.5. The van der Waals surface area contributed by atoms with Crippen LogP contribution in [0.1, 0.15) is 33.1 Å². The number of nitrogens with one attached hydrogen (secondary N) is 1. The van der Waals surface area contributed by atoms with Gasteiger partial charge in [-0.1, -0.05) is 6.42 Å². The molecule has 1 fully saturated rings. The lowest BCUT2D eigenvalue weighted by molar-refractivity contribution is 0.281. The van der Waals surface area contributed by atoms with Gasteiger partial charge in [0.25, 0.3) is 10.0 Å². The van der Waals surface area contributed by atoms with E-state index in [2.05, 4.69) is 10.3 Å². The molecule has 1 N–H and O–H groups in total. The number of nitrogens with zero attached hydrogens (tertiary/aromatic N) is 2. The van der Waals surface area contributed by atoms with Crippen LogP contribution < -0.4 is 5.32 Å². The molecule has 0 bridgehead atoms. The van der Waals surface area contributed by atoms with Crippen LogP contribution in [-0.4, -0.2) is 42.9 Å². The maximum Gasteiger partial charge on any atom is 0.263 e. The molecule has 0 radical (unpaired) electrons. The summed E-state index contributed by atoms with van der Waals surface area (Å²) in [5, 5.41) is 2.83. The van der Waals surface area contributed by atoms with Gasteiger partial charge in [-0.05, 0) is 45.4 Å². The number of halogens is 1. The molecule has 1 atom stereocenters. The quantitative estimate of drug-likeness (QED) is 0.899. The summed E-state index contributed by atoms with van der Waals surface area (Å²) < 4.78 is 40.5. The highest BCUT2D eigenvalue weighted by molar-refractivity contribution is 7.89. The van der Waals surface area contributed by atoms with Crippen LogP contribution in [-0.2, 0) is 10.0 Å². The first kappa shape index (κ1) is 16.3. The van der Waals surface area contributed by atoms with E-state index < -0.39 is 20.9 Å². The number of hydrogen-bond donors (Lipinski definition) is 1. The van der Waals surface area contributed by atoms with Gasteiger partial charge in [-0.25, -0.2) is 17.8 Å². The Bertz CT molecular complexity index is 571. The molecular formula is C14H22FN3O2S. The lowest BCUT2D eigenvalue weighted by atomic mass is 10.1. The van der Waals surface area contributed by atoms with E-state index in [9.17, 15) is 12.8 Å². The lowest BCUT2D eigenvalue weighted by Crippen LogP contribution is -2.48. The van der Waals surface area contributed by atoms with E-state index in [-0.39, 0.29) is 12.1 Å². The summed E-state index contributed by atoms with van der Waals surface area (Å²) in [5.74, 6) is -0.806. The highest BCUT2D eigenvalue weighted by Gasteiger charge is 2.32. The van der Waals surface area contributed by atoms with Crippen molar-refractivity contribution in [3.8, 4) is 0 Å². The van der Waals surface area contributed by atoms with Crippen LogP contribution >= 0.6 is 0 Å². The Morgan fingerprint density at radius 3 is 2.81 bits per heavy atom. The second-order valence-electron chi connectivity index (χ2n) is 5.61. The Morgan fingerprint density at radius 2 is 2.24 bits per heavy atom. The van der Waals surface area contributed by atoms with Crippen molar-refractivity contribution in [3.63, 3.8) is 0 Å². The number of hydrogen-bond acceptors (Lipinski definition) is 4. The van der Waals surface area contributed by atoms with Gasteiger partial charge in [0, 0.05) is 24.8 Å². The molecule has 0 aliphatic carbocycles. The molecule has 0 saturated carbocycles. The van der Waals surface area contributed by atoms with Gasteiger partial charge < -0.3 is 5.32 Å². The molecule has 5 nitrogen and oxygen atoms in total. The summed E-state index contributed by atoms with van der Waals surface area (Å²) in [6.45, 7) is 4.83. The van der Waals surface area contributed by atoms with Gasteiger partial charge in [0.2, 0.25) is 5.03 Å². The van der Waals surface area contributed by atoms with Crippen molar-refractivity contribution in [2.45, 2.75) is 50.2 Å². The van der Waals surface area contributed by atoms with Crippen molar-refractivity contribution in [3.05, 3.63) is 24.1 Å². The molecule has 1 aromatic heterocycles. The van der Waals surface area contributed by atoms with Crippen molar-refractivity contribution in [2.24, 2.45) is 0 Å². The fraction of sp³-hybridized carbons (Fsp3) is 0.643. The Labute approximate surface area is 125 Å². The number of pyridine rings is 1. The highest BCUT2D eigenvalue weighted by Crippen LogP contribution is 2.20. The van der Waals surface area contributed by atoms with Crippen LogP contribution in [0.5, 0.6) is 0 Å². The summed E-state index contributed by atoms with van der Waals surface area (Å²) in [7, 11) is -3.92. The largest absolute Gasteiger partial charge is 0.313 e. The Morgan fingerprint density at radius 1 is 1.48 bits per heavy atom. The predicted octanol–water partition coefficient (Wildman–Crippen LogP) is 1.76. The van der Waals surface area contributed by atoms with Crippen LogP contribution in [0.3, 0.4) is 0 Å². The van der Waals surface area contributed by atoms with Gasteiger partial charge >= 0.3 is 0 Å². The summed E-state index contributed by atoms with van der Waals surface area (Å²) in [4.78, 5) is 3.72. The minimum atomic E-state index is -3.92. The lowest BCUT2D eigenvalue weighted by Gasteiger charge is -2.32. The minimum absolute atomic E-state index is 0.114. The molecule has 0 amide bonds. The molecule has 1 saturated heterocycles. The monoisotopic (exact) mass is 315 g/mol. The standard InChI is InChI=1S/C14H22FN3O2S/c1-11(2)18(10-12-6-3-4-8-16-12)21(19,20)14-13(15)7-5-9-17-14/h5,7,9,11-12,16H,3-4,6,8,10H2,1-2H3. The third-order valence-corrected chi connectivity index (χ3v) is 5.64. The van der Waals surface area contributed by atoms with Crippen LogP contribution in [0.25, 0.3) is 0 Å². The molecule has 2 heterocycles. The number of sulfonamides is 1. The molecule has 2 rings (SSSR count). The molecule has 0 aromatic carbocycles. The van der Waals surface area contributed by atoms with Gasteiger partial charge in [-0.15, -0.1) is 0 Å². The molecule has 1 aromatic rings. The highest BCUT2D eigenvalue weighted by atomic mass is 32.2. The summed E-state index contributed by atoms with van der Waals surface area (Å²) in [6, 6.07) is 2.37. The van der Waals surface area contributed by atoms with Crippen LogP contribution in [0.4, 0.5) is 4.39 Å². The molecule has 1 unspecified atom stereocenters. The SMILES string of the molecule is CC(C)N(CC1CCCCN1)S(=O)(=O)c1ncccc1F. The fourth-order valence-corrected chi connectivity index (χ4v) is 4.22. The van der Waals surface area contributed by atoms with E-state index in [1.165, 1.54) is 16.6 Å². The van der Waals surface area contributed by atoms with E-state index in [1.807, 2.05) is 0 Å². The molecule has 1 aliphatic heterocycles. The van der Waals surface area contributed by atoms with E-state index in [4.69, 9.17) is 0 Å². The first-order chi connectivity index (χ1) is 9.93. The van der Waals surface area contributed by atoms with Gasteiger partial charge in [0.15, 0.2) is 5.82 Å². The fourth-order valence-electron chi connectivity index (χ4n) is 2.56. The molecule has 21 heavy (non-hydrogen) atoms. The topological polar surface area (TPSA) is 62.3 Å². The van der Waals surface area contributed by atoms with Crippen LogP contribution in [0.15, 0.2) is 23.4 Å². The third-order valence-electron chi connectivity index (χ3n) is 3.67. The Kier molecular flexibility index (Phi) is 5.29. The zero-order valence-corrected chi connectivity index (χ0v) is 13.2. The first-order valence-electron chi connectivity index (χ1n) is 7.28. The molecular weight excluding hydrogens is 293 g/mol. The van der Waals surface area contributed by atoms with E-state index in [0.29, 0.717) is 6.54 Å². The maximum atomic E-state index is 13.8. The average Bonchev–Trinajstić information content (AvgIpc) is 2.45. The van der Waals surface area contributed by atoms with Crippen LogP contribution in [0.2, 0.25) is 0 Å². The average molecular weight is 315 g/mol. The smallest absolute Gasteiger partial charge is 0.263 e. The molecule has 1 aliphatic rings. The van der Waals surface area contributed by atoms with Crippen molar-refractivity contribution in [1.82, 2.24) is 14.6 Å². The normalized spacial score (nSPS) is 20.1. The van der Waals surface area contributed by atoms with E-state index in [1.54, 1.807) is 13.8 Å². The Balaban J connectivity index is 2.26. The van der Waals surface area contributed by atoms with Gasteiger partial charge in [0.1, 0.15) is 0 Å². The minimum Gasteiger partial charge on any atom is -0.313 e. The van der Waals surface area contributed by atoms with Crippen molar-refractivity contribution in [2.75, 3.05) is 13.1 Å². The summed E-state index contributed by atoms with van der Waals surface area (Å²) in [5.41, 5.74) is 0. The molecule has 0 spiro atoms. The third kappa shape index (κ3) is 3.78. The van der Waals surface area contributed by atoms with Crippen molar-refractivity contribution in [1.29, 1.82) is 0 Å². The second-order valence-corrected chi connectivity index (χ2v) is 7.41. The van der Waals surface area contributed by atoms with Gasteiger partial charge in [0.05, 0.1) is 0 Å². The van der Waals surface area contributed by atoms with Crippen LogP contribution in [0, 0.1) is 5.82 Å². The number of piperidine rings is 1. The molecule has 118 valence electrons. The zero-order valence-electron chi connectivity index (χ0n) is 12.4. The predicted molar refractivity (Wildman–Crippen MR) is 78.9 cm³/mol. The summed E-state index contributed by atoms with van der Waals surface area (Å²) in [6.07, 6.45) is 4.43.